The smallest absolute Gasteiger partial charge is 0.354 e. The molecule has 1 N–H and O–H groups in total. The molecule has 0 amide bonds. The number of nitro benzene ring substituents is 1. The van der Waals surface area contributed by atoms with Gasteiger partial charge in [-0.3, -0.25) is 10.1 Å². The standard InChI is InChI=1S/C13H13ClN2O6/c1-7-8(4-5-10(12(7)14)16(19)20)15-9(13(18)22-3)6-11(17)21-2/h4-6,15H,1-3H3/b9-6+. The topological polar surface area (TPSA) is 108 Å². The van der Waals surface area contributed by atoms with Gasteiger partial charge in [0, 0.05) is 11.8 Å². The number of anilines is 1. The summed E-state index contributed by atoms with van der Waals surface area (Å²) in [6.45, 7) is 1.53. The monoisotopic (exact) mass is 328 g/mol. The molecule has 0 saturated heterocycles. The molecule has 0 fully saturated rings. The Kier molecular flexibility index (Phi) is 5.88. The van der Waals surface area contributed by atoms with Crippen molar-refractivity contribution in [2.24, 2.45) is 0 Å². The normalized spacial score (nSPS) is 10.8. The molecule has 0 aromatic heterocycles. The third-order valence-corrected chi connectivity index (χ3v) is 3.18. The van der Waals surface area contributed by atoms with Crippen LogP contribution in [0.3, 0.4) is 0 Å². The number of hydrogen-bond donors (Lipinski definition) is 1. The van der Waals surface area contributed by atoms with E-state index in [1.165, 1.54) is 19.1 Å². The van der Waals surface area contributed by atoms with E-state index in [9.17, 15) is 19.7 Å². The number of halogens is 1. The number of hydrogen-bond acceptors (Lipinski definition) is 7. The first kappa shape index (κ1) is 17.4. The summed E-state index contributed by atoms with van der Waals surface area (Å²) in [6.07, 6.45) is 0.903. The molecule has 0 spiro atoms. The zero-order valence-corrected chi connectivity index (χ0v) is 12.8. The van der Waals surface area contributed by atoms with E-state index in [0.717, 1.165) is 20.3 Å². The second-order valence-corrected chi connectivity index (χ2v) is 4.40. The van der Waals surface area contributed by atoms with Crippen molar-refractivity contribution in [3.63, 3.8) is 0 Å². The first-order chi connectivity index (χ1) is 10.3. The quantitative estimate of drug-likeness (QED) is 0.382. The fraction of sp³-hybridized carbons (Fsp3) is 0.231. The fourth-order valence-electron chi connectivity index (χ4n) is 1.53. The van der Waals surface area contributed by atoms with Gasteiger partial charge in [0.1, 0.15) is 10.7 Å². The molecule has 1 rings (SSSR count). The van der Waals surface area contributed by atoms with Gasteiger partial charge in [0.05, 0.1) is 25.2 Å². The maximum Gasteiger partial charge on any atom is 0.354 e. The minimum absolute atomic E-state index is 0.0720. The second kappa shape index (κ2) is 7.41. The van der Waals surface area contributed by atoms with Crippen molar-refractivity contribution in [2.45, 2.75) is 6.92 Å². The van der Waals surface area contributed by atoms with Gasteiger partial charge >= 0.3 is 11.9 Å². The lowest BCUT2D eigenvalue weighted by Crippen LogP contribution is -2.16. The van der Waals surface area contributed by atoms with Crippen LogP contribution < -0.4 is 5.32 Å². The molecule has 9 heteroatoms. The Balaban J connectivity index is 3.22. The van der Waals surface area contributed by atoms with Gasteiger partial charge < -0.3 is 14.8 Å². The summed E-state index contributed by atoms with van der Waals surface area (Å²) in [6, 6.07) is 2.55. The summed E-state index contributed by atoms with van der Waals surface area (Å²) in [5.74, 6) is -1.57. The molecule has 0 atom stereocenters. The van der Waals surface area contributed by atoms with Crippen molar-refractivity contribution < 1.29 is 24.0 Å². The predicted molar refractivity (Wildman–Crippen MR) is 78.6 cm³/mol. The Labute approximate surface area is 130 Å². The molecule has 0 unspecified atom stereocenters. The molecular formula is C13H13ClN2O6. The number of rotatable bonds is 5. The van der Waals surface area contributed by atoms with Crippen molar-refractivity contribution in [1.29, 1.82) is 0 Å². The third kappa shape index (κ3) is 3.95. The summed E-state index contributed by atoms with van der Waals surface area (Å²) in [5.41, 5.74) is 0.204. The average molecular weight is 329 g/mol. The Hall–Kier alpha value is -2.61. The van der Waals surface area contributed by atoms with Crippen LogP contribution in [0.2, 0.25) is 5.02 Å². The highest BCUT2D eigenvalue weighted by Crippen LogP contribution is 2.33. The number of ether oxygens (including phenoxy) is 2. The predicted octanol–water partition coefficient (Wildman–Crippen LogP) is 2.20. The second-order valence-electron chi connectivity index (χ2n) is 4.03. The van der Waals surface area contributed by atoms with Gasteiger partial charge in [-0.1, -0.05) is 11.6 Å². The molecule has 1 aromatic rings. The number of carbonyl (C=O) groups excluding carboxylic acids is 2. The van der Waals surface area contributed by atoms with Crippen LogP contribution in [0.5, 0.6) is 0 Å². The molecular weight excluding hydrogens is 316 g/mol. The first-order valence-electron chi connectivity index (χ1n) is 5.90. The van der Waals surface area contributed by atoms with Gasteiger partial charge in [0.15, 0.2) is 0 Å². The van der Waals surface area contributed by atoms with Crippen LogP contribution in [-0.2, 0) is 19.1 Å². The Morgan fingerprint density at radius 2 is 1.95 bits per heavy atom. The lowest BCUT2D eigenvalue weighted by atomic mass is 10.1. The number of benzene rings is 1. The average Bonchev–Trinajstić information content (AvgIpc) is 2.49. The summed E-state index contributed by atoms with van der Waals surface area (Å²) < 4.78 is 8.98. The van der Waals surface area contributed by atoms with Gasteiger partial charge in [0.25, 0.3) is 5.69 Å². The molecule has 0 aliphatic heterocycles. The molecule has 0 saturated carbocycles. The SMILES string of the molecule is COC(=O)/C=C(/Nc1ccc([N+](=O)[O-])c(Cl)c1C)C(=O)OC. The number of nitrogens with one attached hydrogen (secondary N) is 1. The van der Waals surface area contributed by atoms with E-state index in [-0.39, 0.29) is 16.4 Å². The van der Waals surface area contributed by atoms with E-state index in [0.29, 0.717) is 11.3 Å². The van der Waals surface area contributed by atoms with E-state index < -0.39 is 16.9 Å². The molecule has 0 aliphatic rings. The van der Waals surface area contributed by atoms with Crippen LogP contribution in [0.25, 0.3) is 0 Å². The van der Waals surface area contributed by atoms with Crippen molar-refractivity contribution in [3.8, 4) is 0 Å². The zero-order chi connectivity index (χ0) is 16.9. The van der Waals surface area contributed by atoms with Crippen LogP contribution in [0.15, 0.2) is 23.9 Å². The molecule has 118 valence electrons. The lowest BCUT2D eigenvalue weighted by Gasteiger charge is -2.12. The summed E-state index contributed by atoms with van der Waals surface area (Å²) in [5, 5.41) is 13.4. The number of esters is 2. The molecule has 0 aliphatic carbocycles. The first-order valence-corrected chi connectivity index (χ1v) is 6.28. The van der Waals surface area contributed by atoms with Crippen LogP contribution in [0, 0.1) is 17.0 Å². The minimum atomic E-state index is -0.806. The largest absolute Gasteiger partial charge is 0.466 e. The van der Waals surface area contributed by atoms with E-state index in [1.807, 2.05) is 0 Å². The van der Waals surface area contributed by atoms with Crippen LogP contribution in [0.1, 0.15) is 5.56 Å². The van der Waals surface area contributed by atoms with E-state index in [4.69, 9.17) is 11.6 Å². The van der Waals surface area contributed by atoms with Crippen LogP contribution >= 0.6 is 11.6 Å². The van der Waals surface area contributed by atoms with Gasteiger partial charge in [0.2, 0.25) is 0 Å². The third-order valence-electron chi connectivity index (χ3n) is 2.70. The molecule has 1 aromatic carbocycles. The fourth-order valence-corrected chi connectivity index (χ4v) is 1.76. The summed E-state index contributed by atoms with van der Waals surface area (Å²) in [7, 11) is 2.30. The molecule has 8 nitrogen and oxygen atoms in total. The summed E-state index contributed by atoms with van der Waals surface area (Å²) >= 11 is 5.91. The minimum Gasteiger partial charge on any atom is -0.466 e. The number of carbonyl (C=O) groups is 2. The highest BCUT2D eigenvalue weighted by molar-refractivity contribution is 6.33. The maximum absolute atomic E-state index is 11.6. The summed E-state index contributed by atoms with van der Waals surface area (Å²) in [4.78, 5) is 33.1. The highest BCUT2D eigenvalue weighted by Gasteiger charge is 2.19. The Bertz CT molecular complexity index is 656. The van der Waals surface area contributed by atoms with E-state index in [1.54, 1.807) is 0 Å². The van der Waals surface area contributed by atoms with Crippen molar-refractivity contribution in [1.82, 2.24) is 0 Å². The Morgan fingerprint density at radius 3 is 2.45 bits per heavy atom. The van der Waals surface area contributed by atoms with Crippen LogP contribution in [0.4, 0.5) is 11.4 Å². The molecule has 0 bridgehead atoms. The van der Waals surface area contributed by atoms with Crippen molar-refractivity contribution >= 4 is 34.9 Å². The van der Waals surface area contributed by atoms with Crippen LogP contribution in [-0.4, -0.2) is 31.1 Å². The zero-order valence-electron chi connectivity index (χ0n) is 12.0. The number of methoxy groups -OCH3 is 2. The number of nitro groups is 1. The number of nitrogens with zero attached hydrogens (tertiary/aromatic N) is 1. The molecule has 0 heterocycles. The van der Waals surface area contributed by atoms with E-state index >= 15 is 0 Å². The molecule has 0 radical (unpaired) electrons. The van der Waals surface area contributed by atoms with Crippen molar-refractivity contribution in [2.75, 3.05) is 19.5 Å². The van der Waals surface area contributed by atoms with Gasteiger partial charge in [-0.15, -0.1) is 0 Å². The van der Waals surface area contributed by atoms with Gasteiger partial charge in [-0.25, -0.2) is 9.59 Å². The highest BCUT2D eigenvalue weighted by atomic mass is 35.5. The van der Waals surface area contributed by atoms with Gasteiger partial charge in [-0.05, 0) is 18.6 Å². The van der Waals surface area contributed by atoms with Gasteiger partial charge in [-0.2, -0.15) is 0 Å². The molecule has 22 heavy (non-hydrogen) atoms. The maximum atomic E-state index is 11.6. The Morgan fingerprint density at radius 1 is 1.32 bits per heavy atom. The lowest BCUT2D eigenvalue weighted by molar-refractivity contribution is -0.384. The van der Waals surface area contributed by atoms with Crippen molar-refractivity contribution in [3.05, 3.63) is 44.6 Å². The van der Waals surface area contributed by atoms with E-state index in [2.05, 4.69) is 14.8 Å².